The van der Waals surface area contributed by atoms with E-state index in [2.05, 4.69) is 13.8 Å². The highest BCUT2D eigenvalue weighted by atomic mass is 16.3. The van der Waals surface area contributed by atoms with Crippen molar-refractivity contribution in [1.29, 1.82) is 0 Å². The molecule has 0 fully saturated rings. The molecule has 0 bridgehead atoms. The van der Waals surface area contributed by atoms with Crippen molar-refractivity contribution in [2.45, 2.75) is 32.9 Å². The van der Waals surface area contributed by atoms with Crippen molar-refractivity contribution in [3.63, 3.8) is 0 Å². The number of furan rings is 1. The molecule has 0 aliphatic rings. The molecule has 0 radical (unpaired) electrons. The van der Waals surface area contributed by atoms with Gasteiger partial charge >= 0.3 is 0 Å². The highest BCUT2D eigenvalue weighted by molar-refractivity contribution is 5.81. The average molecular weight is 224 g/mol. The van der Waals surface area contributed by atoms with Gasteiger partial charge in [0.2, 0.25) is 5.91 Å². The minimum atomic E-state index is -0.417. The Balaban J connectivity index is 2.47. The number of hydrogen-bond donors (Lipinski definition) is 1. The molecular weight excluding hydrogens is 204 g/mol. The van der Waals surface area contributed by atoms with Crippen LogP contribution in [0.2, 0.25) is 0 Å². The van der Waals surface area contributed by atoms with Crippen LogP contribution in [0.4, 0.5) is 0 Å². The second-order valence-corrected chi connectivity index (χ2v) is 4.51. The Morgan fingerprint density at radius 1 is 1.56 bits per heavy atom. The normalized spacial score (nSPS) is 12.8. The third kappa shape index (κ3) is 3.70. The van der Waals surface area contributed by atoms with Crippen LogP contribution in [-0.2, 0) is 11.3 Å². The molecule has 1 rings (SSSR count). The molecule has 1 aromatic rings. The quantitative estimate of drug-likeness (QED) is 0.826. The molecule has 1 atom stereocenters. The highest BCUT2D eigenvalue weighted by Gasteiger charge is 2.19. The van der Waals surface area contributed by atoms with E-state index in [9.17, 15) is 4.79 Å². The summed E-state index contributed by atoms with van der Waals surface area (Å²) in [7, 11) is 1.74. The number of carbonyl (C=O) groups excluding carboxylic acids is 1. The first-order chi connectivity index (χ1) is 7.50. The van der Waals surface area contributed by atoms with E-state index in [-0.39, 0.29) is 5.91 Å². The molecule has 4 nitrogen and oxygen atoms in total. The lowest BCUT2D eigenvalue weighted by molar-refractivity contribution is -0.132. The fourth-order valence-corrected chi connectivity index (χ4v) is 1.61. The fraction of sp³-hybridized carbons (Fsp3) is 0.583. The lowest BCUT2D eigenvalue weighted by atomic mass is 10.0. The number of hydrogen-bond acceptors (Lipinski definition) is 3. The third-order valence-corrected chi connectivity index (χ3v) is 2.39. The van der Waals surface area contributed by atoms with E-state index in [0.717, 1.165) is 5.76 Å². The average Bonchev–Trinajstić information content (AvgIpc) is 2.68. The maximum atomic E-state index is 11.9. The van der Waals surface area contributed by atoms with Crippen LogP contribution in [0, 0.1) is 5.92 Å². The van der Waals surface area contributed by atoms with E-state index in [1.807, 2.05) is 12.1 Å². The van der Waals surface area contributed by atoms with Gasteiger partial charge in [0.15, 0.2) is 0 Å². The molecule has 0 unspecified atom stereocenters. The van der Waals surface area contributed by atoms with Crippen LogP contribution < -0.4 is 5.73 Å². The zero-order chi connectivity index (χ0) is 12.1. The summed E-state index contributed by atoms with van der Waals surface area (Å²) in [4.78, 5) is 13.5. The first-order valence-corrected chi connectivity index (χ1v) is 5.53. The number of rotatable bonds is 5. The van der Waals surface area contributed by atoms with Gasteiger partial charge in [-0.2, -0.15) is 0 Å². The smallest absolute Gasteiger partial charge is 0.239 e. The molecule has 1 heterocycles. The molecule has 4 heteroatoms. The molecule has 0 saturated carbocycles. The SMILES string of the molecule is CC(C)C[C@@H](N)C(=O)N(C)Cc1ccco1. The zero-order valence-corrected chi connectivity index (χ0v) is 10.1. The van der Waals surface area contributed by atoms with Gasteiger partial charge in [0, 0.05) is 7.05 Å². The van der Waals surface area contributed by atoms with E-state index in [0.29, 0.717) is 18.9 Å². The van der Waals surface area contributed by atoms with Gasteiger partial charge < -0.3 is 15.1 Å². The predicted molar refractivity (Wildman–Crippen MR) is 62.6 cm³/mol. The van der Waals surface area contributed by atoms with Crippen LogP contribution in [0.5, 0.6) is 0 Å². The largest absolute Gasteiger partial charge is 0.467 e. The second kappa shape index (κ2) is 5.70. The minimum Gasteiger partial charge on any atom is -0.467 e. The summed E-state index contributed by atoms with van der Waals surface area (Å²) in [6.07, 6.45) is 2.31. The van der Waals surface area contributed by atoms with E-state index in [1.54, 1.807) is 18.2 Å². The van der Waals surface area contributed by atoms with E-state index >= 15 is 0 Å². The van der Waals surface area contributed by atoms with Crippen molar-refractivity contribution in [2.24, 2.45) is 11.7 Å². The summed E-state index contributed by atoms with van der Waals surface area (Å²) >= 11 is 0. The van der Waals surface area contributed by atoms with Gasteiger partial charge in [-0.05, 0) is 24.5 Å². The topological polar surface area (TPSA) is 59.5 Å². The van der Waals surface area contributed by atoms with Crippen LogP contribution in [0.1, 0.15) is 26.0 Å². The Kier molecular flexibility index (Phi) is 4.55. The van der Waals surface area contributed by atoms with Crippen LogP contribution in [-0.4, -0.2) is 23.9 Å². The van der Waals surface area contributed by atoms with Gasteiger partial charge in [0.1, 0.15) is 5.76 Å². The molecule has 0 aliphatic carbocycles. The van der Waals surface area contributed by atoms with Crippen molar-refractivity contribution in [1.82, 2.24) is 4.90 Å². The lowest BCUT2D eigenvalue weighted by Gasteiger charge is -2.21. The van der Waals surface area contributed by atoms with Crippen molar-refractivity contribution in [2.75, 3.05) is 7.05 Å². The van der Waals surface area contributed by atoms with Gasteiger partial charge in [-0.25, -0.2) is 0 Å². The predicted octanol–water partition coefficient (Wildman–Crippen LogP) is 1.61. The molecule has 0 aromatic carbocycles. The Hall–Kier alpha value is -1.29. The summed E-state index contributed by atoms with van der Waals surface area (Å²) in [6.45, 7) is 4.58. The first kappa shape index (κ1) is 12.8. The minimum absolute atomic E-state index is 0.0369. The van der Waals surface area contributed by atoms with Crippen LogP contribution in [0.25, 0.3) is 0 Å². The molecule has 0 spiro atoms. The van der Waals surface area contributed by atoms with Crippen LogP contribution >= 0.6 is 0 Å². The number of nitrogens with zero attached hydrogens (tertiary/aromatic N) is 1. The number of carbonyl (C=O) groups is 1. The third-order valence-electron chi connectivity index (χ3n) is 2.39. The Bertz CT molecular complexity index is 320. The Morgan fingerprint density at radius 2 is 2.25 bits per heavy atom. The molecule has 2 N–H and O–H groups in total. The van der Waals surface area contributed by atoms with Gasteiger partial charge in [-0.1, -0.05) is 13.8 Å². The Morgan fingerprint density at radius 3 is 2.75 bits per heavy atom. The molecule has 0 aliphatic heterocycles. The number of likely N-dealkylation sites (N-methyl/N-ethyl adjacent to an activating group) is 1. The van der Waals surface area contributed by atoms with Gasteiger partial charge in [-0.15, -0.1) is 0 Å². The molecule has 0 saturated heterocycles. The van der Waals surface area contributed by atoms with Crippen molar-refractivity contribution in [3.05, 3.63) is 24.2 Å². The Labute approximate surface area is 96.4 Å². The molecular formula is C12H20N2O2. The number of nitrogens with two attached hydrogens (primary N) is 1. The fourth-order valence-electron chi connectivity index (χ4n) is 1.61. The standard InChI is InChI=1S/C12H20N2O2/c1-9(2)7-11(13)12(15)14(3)8-10-5-4-6-16-10/h4-6,9,11H,7-8,13H2,1-3H3/t11-/m1/s1. The second-order valence-electron chi connectivity index (χ2n) is 4.51. The summed E-state index contributed by atoms with van der Waals surface area (Å²) in [5.41, 5.74) is 5.83. The van der Waals surface area contributed by atoms with E-state index in [1.165, 1.54) is 0 Å². The summed E-state index contributed by atoms with van der Waals surface area (Å²) in [6, 6.07) is 3.24. The van der Waals surface area contributed by atoms with Crippen LogP contribution in [0.3, 0.4) is 0 Å². The summed E-state index contributed by atoms with van der Waals surface area (Å²) in [5.74, 6) is 1.16. The summed E-state index contributed by atoms with van der Waals surface area (Å²) in [5, 5.41) is 0. The highest BCUT2D eigenvalue weighted by Crippen LogP contribution is 2.08. The van der Waals surface area contributed by atoms with Gasteiger partial charge in [0.25, 0.3) is 0 Å². The van der Waals surface area contributed by atoms with E-state index < -0.39 is 6.04 Å². The summed E-state index contributed by atoms with van der Waals surface area (Å²) < 4.78 is 5.18. The molecule has 1 amide bonds. The molecule has 16 heavy (non-hydrogen) atoms. The molecule has 1 aromatic heterocycles. The molecule has 90 valence electrons. The zero-order valence-electron chi connectivity index (χ0n) is 10.1. The van der Waals surface area contributed by atoms with Gasteiger partial charge in [0.05, 0.1) is 18.8 Å². The number of amides is 1. The van der Waals surface area contributed by atoms with E-state index in [4.69, 9.17) is 10.2 Å². The van der Waals surface area contributed by atoms with Gasteiger partial charge in [-0.3, -0.25) is 4.79 Å². The van der Waals surface area contributed by atoms with Crippen molar-refractivity contribution >= 4 is 5.91 Å². The monoisotopic (exact) mass is 224 g/mol. The van der Waals surface area contributed by atoms with Crippen molar-refractivity contribution in [3.8, 4) is 0 Å². The lowest BCUT2D eigenvalue weighted by Crippen LogP contribution is -2.42. The van der Waals surface area contributed by atoms with Crippen molar-refractivity contribution < 1.29 is 9.21 Å². The maximum absolute atomic E-state index is 11.9. The van der Waals surface area contributed by atoms with Crippen LogP contribution in [0.15, 0.2) is 22.8 Å². The maximum Gasteiger partial charge on any atom is 0.239 e. The first-order valence-electron chi connectivity index (χ1n) is 5.53.